The molecule has 0 aromatic heterocycles. The van der Waals surface area contributed by atoms with Crippen LogP contribution < -0.4 is 10.6 Å². The molecule has 2 atom stereocenters. The number of hydrogen-bond acceptors (Lipinski definition) is 2. The van der Waals surface area contributed by atoms with Gasteiger partial charge in [-0.2, -0.15) is 0 Å². The van der Waals surface area contributed by atoms with Gasteiger partial charge < -0.3 is 10.6 Å². The number of hydrogen-bond donors (Lipinski definition) is 2. The molecule has 0 aromatic rings. The Bertz CT molecular complexity index is 243. The first kappa shape index (κ1) is 12.9. The van der Waals surface area contributed by atoms with Gasteiger partial charge in [0.2, 0.25) is 5.91 Å². The van der Waals surface area contributed by atoms with Crippen molar-refractivity contribution in [1.29, 1.82) is 0 Å². The van der Waals surface area contributed by atoms with Crippen molar-refractivity contribution in [3.05, 3.63) is 0 Å². The molecule has 1 aliphatic heterocycles. The summed E-state index contributed by atoms with van der Waals surface area (Å²) in [5.74, 6) is 1.54. The summed E-state index contributed by atoms with van der Waals surface area (Å²) in [6.45, 7) is 4.28. The molecular weight excluding hydrogens is 212 g/mol. The summed E-state index contributed by atoms with van der Waals surface area (Å²) in [6, 6.07) is 0.372. The third-order valence-electron chi connectivity index (χ3n) is 4.38. The molecule has 98 valence electrons. The number of rotatable bonds is 4. The van der Waals surface area contributed by atoms with Crippen LogP contribution in [0.4, 0.5) is 0 Å². The van der Waals surface area contributed by atoms with Gasteiger partial charge >= 0.3 is 0 Å². The highest BCUT2D eigenvalue weighted by atomic mass is 16.1. The molecule has 0 bridgehead atoms. The van der Waals surface area contributed by atoms with Gasteiger partial charge in [-0.3, -0.25) is 4.79 Å². The molecule has 2 fully saturated rings. The van der Waals surface area contributed by atoms with Gasteiger partial charge in [0, 0.05) is 12.5 Å². The Balaban J connectivity index is 1.69. The lowest BCUT2D eigenvalue weighted by Gasteiger charge is -2.28. The van der Waals surface area contributed by atoms with Gasteiger partial charge in [0.25, 0.3) is 0 Å². The quantitative estimate of drug-likeness (QED) is 0.787. The van der Waals surface area contributed by atoms with E-state index in [0.29, 0.717) is 18.4 Å². The summed E-state index contributed by atoms with van der Waals surface area (Å²) in [5.41, 5.74) is 0. The minimum Gasteiger partial charge on any atom is -0.353 e. The maximum Gasteiger partial charge on any atom is 0.220 e. The summed E-state index contributed by atoms with van der Waals surface area (Å²) in [5, 5.41) is 6.52. The maximum absolute atomic E-state index is 11.9. The van der Waals surface area contributed by atoms with E-state index in [4.69, 9.17) is 0 Å². The molecule has 1 unspecified atom stereocenters. The molecule has 2 N–H and O–H groups in total. The Kier molecular flexibility index (Phi) is 4.84. The molecule has 1 heterocycles. The highest BCUT2D eigenvalue weighted by Crippen LogP contribution is 2.26. The van der Waals surface area contributed by atoms with Gasteiger partial charge in [0.05, 0.1) is 0 Å². The van der Waals surface area contributed by atoms with Crippen LogP contribution in [0.2, 0.25) is 0 Å². The van der Waals surface area contributed by atoms with Crippen LogP contribution >= 0.6 is 0 Å². The zero-order chi connectivity index (χ0) is 12.1. The minimum absolute atomic E-state index is 0.261. The van der Waals surface area contributed by atoms with Crippen LogP contribution in [0.15, 0.2) is 0 Å². The fraction of sp³-hybridized carbons (Fsp3) is 0.929. The molecule has 2 rings (SSSR count). The van der Waals surface area contributed by atoms with E-state index in [1.807, 2.05) is 0 Å². The molecule has 1 amide bonds. The maximum atomic E-state index is 11.9. The summed E-state index contributed by atoms with van der Waals surface area (Å²) in [7, 11) is 0. The van der Waals surface area contributed by atoms with Gasteiger partial charge in [-0.1, -0.05) is 19.3 Å². The fourth-order valence-electron chi connectivity index (χ4n) is 3.22. The van der Waals surface area contributed by atoms with Crippen molar-refractivity contribution < 1.29 is 4.79 Å². The van der Waals surface area contributed by atoms with Crippen LogP contribution in [0.3, 0.4) is 0 Å². The Hall–Kier alpha value is -0.570. The van der Waals surface area contributed by atoms with Crippen molar-refractivity contribution in [3.63, 3.8) is 0 Å². The summed E-state index contributed by atoms with van der Waals surface area (Å²) in [6.07, 6.45) is 8.54. The molecule has 3 nitrogen and oxygen atoms in total. The molecule has 3 heteroatoms. The highest BCUT2D eigenvalue weighted by Gasteiger charge is 2.23. The van der Waals surface area contributed by atoms with Crippen molar-refractivity contribution in [2.24, 2.45) is 11.8 Å². The smallest absolute Gasteiger partial charge is 0.220 e. The molecule has 0 radical (unpaired) electrons. The zero-order valence-corrected chi connectivity index (χ0v) is 11.0. The Labute approximate surface area is 105 Å². The van der Waals surface area contributed by atoms with E-state index in [1.54, 1.807) is 0 Å². The summed E-state index contributed by atoms with van der Waals surface area (Å²) >= 11 is 0. The fourth-order valence-corrected chi connectivity index (χ4v) is 3.22. The Morgan fingerprint density at radius 1 is 1.29 bits per heavy atom. The van der Waals surface area contributed by atoms with E-state index < -0.39 is 0 Å². The van der Waals surface area contributed by atoms with E-state index in [-0.39, 0.29) is 5.91 Å². The molecule has 2 aliphatic rings. The lowest BCUT2D eigenvalue weighted by molar-refractivity contribution is -0.122. The molecule has 1 aliphatic carbocycles. The SMILES string of the molecule is C[C@@H](NC(=O)CC1CCNC1)C1CCCCC1. The number of carbonyl (C=O) groups is 1. The second-order valence-electron chi connectivity index (χ2n) is 5.82. The van der Waals surface area contributed by atoms with Crippen molar-refractivity contribution in [2.75, 3.05) is 13.1 Å². The van der Waals surface area contributed by atoms with Gasteiger partial charge in [-0.05, 0) is 51.1 Å². The van der Waals surface area contributed by atoms with E-state index in [9.17, 15) is 4.79 Å². The first-order chi connectivity index (χ1) is 8.25. The average molecular weight is 238 g/mol. The average Bonchev–Trinajstić information content (AvgIpc) is 2.82. The molecule has 1 saturated carbocycles. The van der Waals surface area contributed by atoms with Crippen LogP contribution in [0, 0.1) is 11.8 Å². The third-order valence-corrected chi connectivity index (χ3v) is 4.38. The standard InChI is InChI=1S/C14H26N2O/c1-11(13-5-3-2-4-6-13)16-14(17)9-12-7-8-15-10-12/h11-13,15H,2-10H2,1H3,(H,16,17)/t11-,12?/m1/s1. The van der Waals surface area contributed by atoms with Gasteiger partial charge in [0.15, 0.2) is 0 Å². The highest BCUT2D eigenvalue weighted by molar-refractivity contribution is 5.76. The molecule has 0 aromatic carbocycles. The van der Waals surface area contributed by atoms with Gasteiger partial charge in [0.1, 0.15) is 0 Å². The number of carbonyl (C=O) groups excluding carboxylic acids is 1. The minimum atomic E-state index is 0.261. The predicted molar refractivity (Wildman–Crippen MR) is 69.8 cm³/mol. The first-order valence-corrected chi connectivity index (χ1v) is 7.26. The van der Waals surface area contributed by atoms with Gasteiger partial charge in [-0.25, -0.2) is 0 Å². The van der Waals surface area contributed by atoms with Crippen molar-refractivity contribution in [1.82, 2.24) is 10.6 Å². The Morgan fingerprint density at radius 2 is 2.06 bits per heavy atom. The molecule has 17 heavy (non-hydrogen) atoms. The number of nitrogens with one attached hydrogen (secondary N) is 2. The second-order valence-corrected chi connectivity index (χ2v) is 5.82. The van der Waals surface area contributed by atoms with Crippen LogP contribution in [-0.4, -0.2) is 25.0 Å². The number of amides is 1. The Morgan fingerprint density at radius 3 is 2.71 bits per heavy atom. The lowest BCUT2D eigenvalue weighted by Crippen LogP contribution is -2.39. The second kappa shape index (κ2) is 6.39. The molecule has 0 spiro atoms. The van der Waals surface area contributed by atoms with Crippen molar-refractivity contribution >= 4 is 5.91 Å². The topological polar surface area (TPSA) is 41.1 Å². The molecular formula is C14H26N2O. The summed E-state index contributed by atoms with van der Waals surface area (Å²) < 4.78 is 0. The monoisotopic (exact) mass is 238 g/mol. The normalized spacial score (nSPS) is 27.9. The van der Waals surface area contributed by atoms with Crippen molar-refractivity contribution in [2.45, 2.75) is 57.9 Å². The van der Waals surface area contributed by atoms with Crippen LogP contribution in [0.5, 0.6) is 0 Å². The predicted octanol–water partition coefficient (Wildman–Crippen LogP) is 2.07. The molecule has 1 saturated heterocycles. The first-order valence-electron chi connectivity index (χ1n) is 7.26. The van der Waals surface area contributed by atoms with E-state index in [2.05, 4.69) is 17.6 Å². The zero-order valence-electron chi connectivity index (χ0n) is 11.0. The van der Waals surface area contributed by atoms with Gasteiger partial charge in [-0.15, -0.1) is 0 Å². The largest absolute Gasteiger partial charge is 0.353 e. The van der Waals surface area contributed by atoms with Crippen LogP contribution in [-0.2, 0) is 4.79 Å². The van der Waals surface area contributed by atoms with E-state index in [0.717, 1.165) is 25.4 Å². The van der Waals surface area contributed by atoms with E-state index in [1.165, 1.54) is 32.1 Å². The van der Waals surface area contributed by atoms with Crippen LogP contribution in [0.1, 0.15) is 51.9 Å². The van der Waals surface area contributed by atoms with Crippen LogP contribution in [0.25, 0.3) is 0 Å². The van der Waals surface area contributed by atoms with E-state index >= 15 is 0 Å². The van der Waals surface area contributed by atoms with Crippen molar-refractivity contribution in [3.8, 4) is 0 Å². The summed E-state index contributed by atoms with van der Waals surface area (Å²) in [4.78, 5) is 11.9. The lowest BCUT2D eigenvalue weighted by atomic mass is 9.84. The third kappa shape index (κ3) is 3.98.